The van der Waals surface area contributed by atoms with Gasteiger partial charge in [-0.15, -0.1) is 16.9 Å². The van der Waals surface area contributed by atoms with Crippen molar-refractivity contribution in [1.29, 1.82) is 5.26 Å². The number of amides is 2. The Morgan fingerprint density at radius 2 is 2.22 bits per heavy atom. The number of nitrogens with one attached hydrogen (secondary N) is 1. The molecule has 0 aromatic carbocycles. The SMILES string of the molecule is CO[C@@]1(NC(=O)CC#N)C(=O)N2C(C(=O)O)=C(CSc3nnnn3CS(=O)(=O)O)CS[C@@H]21. The van der Waals surface area contributed by atoms with Gasteiger partial charge in [0.25, 0.3) is 21.8 Å². The van der Waals surface area contributed by atoms with Crippen molar-refractivity contribution < 1.29 is 37.2 Å². The number of aliphatic carboxylic acids is 1. The van der Waals surface area contributed by atoms with Gasteiger partial charge in [-0.1, -0.05) is 11.8 Å². The number of fused-ring (bicyclic) bond motifs is 1. The topological polar surface area (TPSA) is 218 Å². The summed E-state index contributed by atoms with van der Waals surface area (Å²) in [6.45, 7) is 0. The molecule has 2 aliphatic heterocycles. The number of rotatable bonds is 9. The van der Waals surface area contributed by atoms with Gasteiger partial charge in [-0.05, 0) is 16.0 Å². The molecule has 1 fully saturated rings. The summed E-state index contributed by atoms with van der Waals surface area (Å²) in [5.41, 5.74) is -1.77. The molecule has 2 amide bonds. The van der Waals surface area contributed by atoms with E-state index in [0.717, 1.165) is 33.1 Å². The third-order valence-corrected chi connectivity index (χ3v) is 7.35. The number of hydrogen-bond acceptors (Lipinski definition) is 12. The van der Waals surface area contributed by atoms with Crippen LogP contribution in [0.1, 0.15) is 6.42 Å². The molecule has 2 atom stereocenters. The van der Waals surface area contributed by atoms with Crippen LogP contribution in [0.4, 0.5) is 0 Å². The molecule has 1 aromatic heterocycles. The van der Waals surface area contributed by atoms with Crippen molar-refractivity contribution in [3.8, 4) is 6.07 Å². The molecule has 1 saturated heterocycles. The first-order valence-electron chi connectivity index (χ1n) is 8.52. The van der Waals surface area contributed by atoms with Crippen LogP contribution < -0.4 is 5.32 Å². The predicted octanol–water partition coefficient (Wildman–Crippen LogP) is -1.76. The predicted molar refractivity (Wildman–Crippen MR) is 106 cm³/mol. The first-order chi connectivity index (χ1) is 15.0. The summed E-state index contributed by atoms with van der Waals surface area (Å²) in [5.74, 6) is -3.67. The molecule has 0 aliphatic carbocycles. The van der Waals surface area contributed by atoms with Gasteiger partial charge in [0.2, 0.25) is 11.1 Å². The molecule has 15 nitrogen and oxygen atoms in total. The number of aromatic nitrogens is 4. The fraction of sp³-hybridized carbons (Fsp3) is 0.500. The maximum absolute atomic E-state index is 12.8. The van der Waals surface area contributed by atoms with E-state index >= 15 is 0 Å². The van der Waals surface area contributed by atoms with Crippen molar-refractivity contribution in [2.45, 2.75) is 28.6 Å². The second-order valence-corrected chi connectivity index (χ2v) is 9.81. The average Bonchev–Trinajstić information content (AvgIpc) is 3.14. The summed E-state index contributed by atoms with van der Waals surface area (Å²) < 4.78 is 37.2. The third-order valence-electron chi connectivity index (χ3n) is 4.36. The van der Waals surface area contributed by atoms with Crippen LogP contribution in [0.5, 0.6) is 0 Å². The number of carbonyl (C=O) groups excluding carboxylic acids is 2. The quantitative estimate of drug-likeness (QED) is 0.146. The Bertz CT molecular complexity index is 1140. The first-order valence-corrected chi connectivity index (χ1v) is 12.2. The van der Waals surface area contributed by atoms with Crippen molar-refractivity contribution in [2.75, 3.05) is 18.6 Å². The van der Waals surface area contributed by atoms with E-state index in [9.17, 15) is 27.9 Å². The number of carbonyl (C=O) groups is 3. The number of tetrazole rings is 1. The zero-order chi connectivity index (χ0) is 23.7. The highest BCUT2D eigenvalue weighted by Gasteiger charge is 2.66. The van der Waals surface area contributed by atoms with Gasteiger partial charge in [0, 0.05) is 18.6 Å². The molecule has 3 N–H and O–H groups in total. The molecule has 1 aromatic rings. The lowest BCUT2D eigenvalue weighted by Gasteiger charge is -2.55. The van der Waals surface area contributed by atoms with Gasteiger partial charge < -0.3 is 15.2 Å². The fourth-order valence-electron chi connectivity index (χ4n) is 3.06. The summed E-state index contributed by atoms with van der Waals surface area (Å²) in [6, 6.07) is 1.66. The second-order valence-electron chi connectivity index (χ2n) is 6.38. The first kappa shape index (κ1) is 23.9. The minimum atomic E-state index is -4.41. The minimum absolute atomic E-state index is 0.00223. The van der Waals surface area contributed by atoms with E-state index in [-0.39, 0.29) is 22.4 Å². The van der Waals surface area contributed by atoms with Crippen molar-refractivity contribution in [2.24, 2.45) is 0 Å². The Labute approximate surface area is 188 Å². The van der Waals surface area contributed by atoms with E-state index in [0.29, 0.717) is 5.57 Å². The lowest BCUT2D eigenvalue weighted by atomic mass is 9.98. The fourth-order valence-corrected chi connectivity index (χ4v) is 6.08. The van der Waals surface area contributed by atoms with Crippen molar-refractivity contribution in [1.82, 2.24) is 30.4 Å². The molecule has 0 saturated carbocycles. The minimum Gasteiger partial charge on any atom is -0.477 e. The third kappa shape index (κ3) is 4.42. The largest absolute Gasteiger partial charge is 0.477 e. The van der Waals surface area contributed by atoms with Gasteiger partial charge in [0.05, 0.1) is 6.07 Å². The van der Waals surface area contributed by atoms with Crippen LogP contribution in [0.3, 0.4) is 0 Å². The van der Waals surface area contributed by atoms with Crippen molar-refractivity contribution >= 4 is 51.4 Å². The highest BCUT2D eigenvalue weighted by Crippen LogP contribution is 2.47. The Morgan fingerprint density at radius 1 is 1.50 bits per heavy atom. The Balaban J connectivity index is 1.83. The molecule has 0 bridgehead atoms. The molecule has 3 heterocycles. The van der Waals surface area contributed by atoms with Crippen LogP contribution in [0.15, 0.2) is 16.4 Å². The van der Waals surface area contributed by atoms with E-state index in [1.807, 2.05) is 0 Å². The number of thioether (sulfide) groups is 2. The van der Waals surface area contributed by atoms with Gasteiger partial charge in [-0.3, -0.25) is 19.0 Å². The van der Waals surface area contributed by atoms with Crippen LogP contribution in [0.2, 0.25) is 0 Å². The smallest absolute Gasteiger partial charge is 0.352 e. The van der Waals surface area contributed by atoms with E-state index in [2.05, 4.69) is 20.8 Å². The maximum Gasteiger partial charge on any atom is 0.352 e. The molecule has 2 aliphatic rings. The average molecular weight is 506 g/mol. The van der Waals surface area contributed by atoms with Gasteiger partial charge in [-0.2, -0.15) is 13.7 Å². The Kier molecular flexibility index (Phi) is 6.75. The summed E-state index contributed by atoms with van der Waals surface area (Å²) in [5, 5.41) is 30.3. The number of β-lactam (4-membered cyclic amide) rings is 1. The Morgan fingerprint density at radius 3 is 2.81 bits per heavy atom. The zero-order valence-corrected chi connectivity index (χ0v) is 18.6. The van der Waals surface area contributed by atoms with Crippen LogP contribution in [-0.4, -0.2) is 90.7 Å². The van der Waals surface area contributed by atoms with E-state index in [4.69, 9.17) is 14.6 Å². The molecule has 0 unspecified atom stereocenters. The second kappa shape index (κ2) is 9.03. The van der Waals surface area contributed by atoms with Crippen LogP contribution in [0, 0.1) is 11.3 Å². The van der Waals surface area contributed by atoms with Gasteiger partial charge >= 0.3 is 5.97 Å². The number of methoxy groups -OCH3 is 1. The highest BCUT2D eigenvalue weighted by atomic mass is 32.2. The van der Waals surface area contributed by atoms with Crippen molar-refractivity contribution in [3.05, 3.63) is 11.3 Å². The summed E-state index contributed by atoms with van der Waals surface area (Å²) in [6.07, 6.45) is -0.502. The maximum atomic E-state index is 12.8. The molecule has 32 heavy (non-hydrogen) atoms. The van der Waals surface area contributed by atoms with E-state index in [1.165, 1.54) is 7.11 Å². The molecule has 18 heteroatoms. The zero-order valence-electron chi connectivity index (χ0n) is 16.2. The molecular formula is C14H15N7O8S3. The lowest BCUT2D eigenvalue weighted by Crippen LogP contribution is -2.80. The normalized spacial score (nSPS) is 22.7. The molecule has 172 valence electrons. The molecular weight excluding hydrogens is 490 g/mol. The summed E-state index contributed by atoms with van der Waals surface area (Å²) in [4.78, 5) is 37.6. The number of carboxylic acid groups (broad SMARTS) is 1. The number of carboxylic acids is 1. The standard InChI is InChI=1S/C14H15N7O8S3/c1-29-14(16-8(22)2-3-15)11(25)21-9(10(23)24)7(4-30-12(14)21)5-31-13-17-18-19-20(13)6-32(26,27)28/h12H,2,4-6H2,1H3,(H,16,22)(H,23,24)(H,26,27,28)/t12-,14+/m1/s1. The van der Waals surface area contributed by atoms with E-state index in [1.54, 1.807) is 6.07 Å². The lowest BCUT2D eigenvalue weighted by molar-refractivity contribution is -0.192. The number of hydrogen-bond donors (Lipinski definition) is 3. The van der Waals surface area contributed by atoms with E-state index < -0.39 is 51.3 Å². The molecule has 3 rings (SSSR count). The van der Waals surface area contributed by atoms with Gasteiger partial charge in [-0.25, -0.2) is 9.48 Å². The van der Waals surface area contributed by atoms with Crippen LogP contribution >= 0.6 is 23.5 Å². The number of ether oxygens (including phenoxy) is 1. The monoisotopic (exact) mass is 505 g/mol. The molecule has 0 spiro atoms. The summed E-state index contributed by atoms with van der Waals surface area (Å²) >= 11 is 2.06. The highest BCUT2D eigenvalue weighted by molar-refractivity contribution is 8.01. The van der Waals surface area contributed by atoms with Gasteiger partial charge in [0.1, 0.15) is 17.5 Å². The van der Waals surface area contributed by atoms with Gasteiger partial charge in [0.15, 0.2) is 5.88 Å². The van der Waals surface area contributed by atoms with Crippen molar-refractivity contribution in [3.63, 3.8) is 0 Å². The van der Waals surface area contributed by atoms with Crippen LogP contribution in [-0.2, 0) is 35.1 Å². The summed E-state index contributed by atoms with van der Waals surface area (Å²) in [7, 11) is -3.22. The number of nitriles is 1. The number of nitrogens with zero attached hydrogens (tertiary/aromatic N) is 6. The molecule has 0 radical (unpaired) electrons. The Hall–Kier alpha value is -2.72. The van der Waals surface area contributed by atoms with Crippen LogP contribution in [0.25, 0.3) is 0 Å².